The number of ether oxygens (including phenoxy) is 2. The van der Waals surface area contributed by atoms with Crippen molar-refractivity contribution in [3.8, 4) is 11.5 Å². The molecule has 1 aliphatic heterocycles. The number of urea groups is 1. The van der Waals surface area contributed by atoms with E-state index in [-0.39, 0.29) is 12.1 Å². The lowest BCUT2D eigenvalue weighted by atomic mass is 10.1. The van der Waals surface area contributed by atoms with E-state index in [1.54, 1.807) is 11.9 Å². The Morgan fingerprint density at radius 3 is 2.88 bits per heavy atom. The fraction of sp³-hybridized carbons (Fsp3) is 0.474. The Kier molecular flexibility index (Phi) is 4.44. The quantitative estimate of drug-likeness (QED) is 0.894. The molecule has 1 aromatic heterocycles. The molecular weight excluding hydrogens is 332 g/mol. The molecule has 7 nitrogen and oxygen atoms in total. The van der Waals surface area contributed by atoms with Crippen LogP contribution in [0.5, 0.6) is 11.5 Å². The maximum absolute atomic E-state index is 12.6. The minimum absolute atomic E-state index is 0.0841. The van der Waals surface area contributed by atoms with Crippen molar-refractivity contribution in [2.75, 3.05) is 20.3 Å². The van der Waals surface area contributed by atoms with E-state index in [1.165, 1.54) is 12.8 Å². The molecule has 1 N–H and O–H groups in total. The summed E-state index contributed by atoms with van der Waals surface area (Å²) in [5, 5.41) is 2.99. The summed E-state index contributed by atoms with van der Waals surface area (Å²) in [6.45, 7) is 3.60. The summed E-state index contributed by atoms with van der Waals surface area (Å²) in [7, 11) is 1.80. The Balaban J connectivity index is 1.38. The van der Waals surface area contributed by atoms with Crippen LogP contribution in [-0.2, 0) is 6.54 Å². The number of nitrogens with one attached hydrogen (secondary N) is 1. The Morgan fingerprint density at radius 2 is 2.12 bits per heavy atom. The first-order valence-corrected chi connectivity index (χ1v) is 9.04. The fourth-order valence-corrected chi connectivity index (χ4v) is 3.16. The van der Waals surface area contributed by atoms with Gasteiger partial charge in [-0.05, 0) is 37.5 Å². The van der Waals surface area contributed by atoms with Crippen LogP contribution in [0.4, 0.5) is 4.79 Å². The number of benzene rings is 1. The van der Waals surface area contributed by atoms with E-state index in [0.717, 1.165) is 22.8 Å². The van der Waals surface area contributed by atoms with Crippen molar-refractivity contribution in [3.63, 3.8) is 0 Å². The SMILES string of the molecule is C[C@H](c1ccc2c(c1)OCCO2)N(C)C(=O)NCc1cncn1C1CC1. The van der Waals surface area contributed by atoms with Crippen LogP contribution >= 0.6 is 0 Å². The third-order valence-corrected chi connectivity index (χ3v) is 5.06. The number of amides is 2. The Bertz CT molecular complexity index is 800. The highest BCUT2D eigenvalue weighted by Gasteiger charge is 2.26. The largest absolute Gasteiger partial charge is 0.486 e. The van der Waals surface area contributed by atoms with Gasteiger partial charge in [0, 0.05) is 19.3 Å². The lowest BCUT2D eigenvalue weighted by Gasteiger charge is -2.27. The van der Waals surface area contributed by atoms with Gasteiger partial charge in [0.25, 0.3) is 0 Å². The number of hydrogen-bond donors (Lipinski definition) is 1. The number of rotatable bonds is 5. The van der Waals surface area contributed by atoms with E-state index in [4.69, 9.17) is 9.47 Å². The minimum Gasteiger partial charge on any atom is -0.486 e. The molecular formula is C19H24N4O3. The smallest absolute Gasteiger partial charge is 0.317 e. The lowest BCUT2D eigenvalue weighted by molar-refractivity contribution is 0.170. The van der Waals surface area contributed by atoms with Gasteiger partial charge in [0.15, 0.2) is 11.5 Å². The highest BCUT2D eigenvalue weighted by atomic mass is 16.6. The van der Waals surface area contributed by atoms with Crippen LogP contribution in [0, 0.1) is 0 Å². The van der Waals surface area contributed by atoms with Crippen molar-refractivity contribution in [3.05, 3.63) is 42.0 Å². The number of fused-ring (bicyclic) bond motifs is 1. The summed E-state index contributed by atoms with van der Waals surface area (Å²) in [6.07, 6.45) is 6.06. The first-order chi connectivity index (χ1) is 12.6. The van der Waals surface area contributed by atoms with Crippen molar-refractivity contribution in [2.45, 2.75) is 38.4 Å². The molecule has 0 radical (unpaired) electrons. The van der Waals surface area contributed by atoms with Gasteiger partial charge in [-0.15, -0.1) is 0 Å². The molecule has 1 atom stereocenters. The summed E-state index contributed by atoms with van der Waals surface area (Å²) < 4.78 is 13.4. The van der Waals surface area contributed by atoms with E-state index in [0.29, 0.717) is 25.8 Å². The third kappa shape index (κ3) is 3.34. The normalized spacial score (nSPS) is 16.8. The van der Waals surface area contributed by atoms with Gasteiger partial charge in [-0.2, -0.15) is 0 Å². The average molecular weight is 356 g/mol. The molecule has 1 aromatic carbocycles. The van der Waals surface area contributed by atoms with Crippen LogP contribution in [0.3, 0.4) is 0 Å². The van der Waals surface area contributed by atoms with Crippen LogP contribution in [0.25, 0.3) is 0 Å². The minimum atomic E-state index is -0.115. The molecule has 0 spiro atoms. The van der Waals surface area contributed by atoms with Crippen LogP contribution in [0.15, 0.2) is 30.7 Å². The summed E-state index contributed by atoms with van der Waals surface area (Å²) in [5.41, 5.74) is 2.05. The van der Waals surface area contributed by atoms with E-state index >= 15 is 0 Å². The van der Waals surface area contributed by atoms with E-state index in [2.05, 4.69) is 14.9 Å². The Labute approximate surface area is 152 Å². The number of nitrogens with zero attached hydrogens (tertiary/aromatic N) is 3. The molecule has 0 saturated heterocycles. The zero-order valence-electron chi connectivity index (χ0n) is 15.1. The predicted octanol–water partition coefficient (Wildman–Crippen LogP) is 2.89. The van der Waals surface area contributed by atoms with Crippen molar-refractivity contribution in [2.24, 2.45) is 0 Å². The van der Waals surface area contributed by atoms with Gasteiger partial charge in [-0.25, -0.2) is 9.78 Å². The van der Waals surface area contributed by atoms with Gasteiger partial charge in [0.05, 0.1) is 24.6 Å². The van der Waals surface area contributed by atoms with Gasteiger partial charge in [-0.3, -0.25) is 0 Å². The number of carbonyl (C=O) groups is 1. The predicted molar refractivity (Wildman–Crippen MR) is 96.3 cm³/mol. The molecule has 0 unspecified atom stereocenters. The number of aromatic nitrogens is 2. The topological polar surface area (TPSA) is 68.6 Å². The fourth-order valence-electron chi connectivity index (χ4n) is 3.16. The Morgan fingerprint density at radius 1 is 1.35 bits per heavy atom. The summed E-state index contributed by atoms with van der Waals surface area (Å²) >= 11 is 0. The highest BCUT2D eigenvalue weighted by molar-refractivity contribution is 5.74. The molecule has 2 amide bonds. The zero-order chi connectivity index (χ0) is 18.1. The average Bonchev–Trinajstić information content (AvgIpc) is 3.42. The zero-order valence-corrected chi connectivity index (χ0v) is 15.1. The molecule has 7 heteroatoms. The molecule has 4 rings (SSSR count). The Hall–Kier alpha value is -2.70. The first-order valence-electron chi connectivity index (χ1n) is 9.04. The highest BCUT2D eigenvalue weighted by Crippen LogP contribution is 2.36. The molecule has 1 aliphatic carbocycles. The second kappa shape index (κ2) is 6.90. The van der Waals surface area contributed by atoms with Crippen LogP contribution in [-0.4, -0.2) is 40.7 Å². The molecule has 2 heterocycles. The van der Waals surface area contributed by atoms with E-state index in [1.807, 2.05) is 37.6 Å². The van der Waals surface area contributed by atoms with Crippen molar-refractivity contribution < 1.29 is 14.3 Å². The summed E-state index contributed by atoms with van der Waals surface area (Å²) in [4.78, 5) is 18.5. The van der Waals surface area contributed by atoms with Crippen LogP contribution < -0.4 is 14.8 Å². The number of imidazole rings is 1. The standard InChI is InChI=1S/C19H24N4O3/c1-13(14-3-6-17-18(9-14)26-8-7-25-17)22(2)19(24)21-11-16-10-20-12-23(16)15-4-5-15/h3,6,9-10,12-13,15H,4-5,7-8,11H2,1-2H3,(H,21,24)/t13-/m1/s1. The van der Waals surface area contributed by atoms with Crippen molar-refractivity contribution in [1.82, 2.24) is 19.8 Å². The van der Waals surface area contributed by atoms with Gasteiger partial charge in [0.1, 0.15) is 13.2 Å². The molecule has 2 aromatic rings. The molecule has 1 saturated carbocycles. The van der Waals surface area contributed by atoms with Crippen LogP contribution in [0.2, 0.25) is 0 Å². The van der Waals surface area contributed by atoms with E-state index in [9.17, 15) is 4.79 Å². The molecule has 0 bridgehead atoms. The van der Waals surface area contributed by atoms with Crippen molar-refractivity contribution in [1.29, 1.82) is 0 Å². The molecule has 2 aliphatic rings. The maximum atomic E-state index is 12.6. The molecule has 1 fully saturated rings. The van der Waals surface area contributed by atoms with Crippen LogP contribution in [0.1, 0.15) is 43.1 Å². The number of carbonyl (C=O) groups excluding carboxylic acids is 1. The second-order valence-corrected chi connectivity index (χ2v) is 6.87. The monoisotopic (exact) mass is 356 g/mol. The first kappa shape index (κ1) is 16.8. The van der Waals surface area contributed by atoms with E-state index < -0.39 is 0 Å². The van der Waals surface area contributed by atoms with Gasteiger partial charge >= 0.3 is 6.03 Å². The van der Waals surface area contributed by atoms with Gasteiger partial charge in [0.2, 0.25) is 0 Å². The summed E-state index contributed by atoms with van der Waals surface area (Å²) in [6, 6.07) is 6.18. The second-order valence-electron chi connectivity index (χ2n) is 6.87. The summed E-state index contributed by atoms with van der Waals surface area (Å²) in [5.74, 6) is 1.50. The molecule has 26 heavy (non-hydrogen) atoms. The lowest BCUT2D eigenvalue weighted by Crippen LogP contribution is -2.38. The van der Waals surface area contributed by atoms with Crippen molar-refractivity contribution >= 4 is 6.03 Å². The molecule has 138 valence electrons. The van der Waals surface area contributed by atoms with Gasteiger partial charge < -0.3 is 24.3 Å². The number of hydrogen-bond acceptors (Lipinski definition) is 4. The van der Waals surface area contributed by atoms with Gasteiger partial charge in [-0.1, -0.05) is 6.07 Å². The maximum Gasteiger partial charge on any atom is 0.317 e. The third-order valence-electron chi connectivity index (χ3n) is 5.06.